The van der Waals surface area contributed by atoms with E-state index in [1.807, 2.05) is 0 Å². The molecule has 1 unspecified atom stereocenters. The summed E-state index contributed by atoms with van der Waals surface area (Å²) in [5, 5.41) is 9.59. The summed E-state index contributed by atoms with van der Waals surface area (Å²) in [6.07, 6.45) is 0.860. The first-order chi connectivity index (χ1) is 12.7. The maximum Gasteiger partial charge on any atom is 0.121 e. The monoisotopic (exact) mass is 396 g/mol. The number of aryl methyl sites for hydroxylation is 1. The zero-order valence-corrected chi connectivity index (χ0v) is 17.7. The van der Waals surface area contributed by atoms with Gasteiger partial charge in [0.25, 0.3) is 0 Å². The quantitative estimate of drug-likeness (QED) is 0.797. The third-order valence-corrected chi connectivity index (χ3v) is 7.94. The molecule has 1 aromatic carbocycles. The van der Waals surface area contributed by atoms with Crippen LogP contribution in [0.5, 0.6) is 5.75 Å². The lowest BCUT2D eigenvalue weighted by Crippen LogP contribution is -2.56. The molecule has 2 heterocycles. The fourth-order valence-corrected chi connectivity index (χ4v) is 6.60. The number of ether oxygens (including phenoxy) is 1. The van der Waals surface area contributed by atoms with E-state index in [1.54, 1.807) is 7.11 Å². The summed E-state index contributed by atoms with van der Waals surface area (Å²) < 4.78 is 5.38. The number of benzene rings is 1. The number of rotatable bonds is 6. The van der Waals surface area contributed by atoms with Crippen molar-refractivity contribution in [3.63, 3.8) is 0 Å². The standard InChI is InChI=1S/C20H32N2O2S2/c1-16-11-17(3-4-20(16)24-2)12-21-6-7-22(13-18(21)5-8-23)19-14-25-9-10-26-15-19/h3-4,11,18-19,23H,5-10,12-15H2,1-2H3. The van der Waals surface area contributed by atoms with Gasteiger partial charge in [0.15, 0.2) is 0 Å². The molecule has 4 nitrogen and oxygen atoms in total. The number of piperazine rings is 1. The Morgan fingerprint density at radius 2 is 1.96 bits per heavy atom. The van der Waals surface area contributed by atoms with Crippen LogP contribution in [0.2, 0.25) is 0 Å². The maximum absolute atomic E-state index is 9.59. The number of nitrogens with zero attached hydrogens (tertiary/aromatic N) is 2. The first kappa shape index (κ1) is 20.3. The van der Waals surface area contributed by atoms with Gasteiger partial charge in [-0.15, -0.1) is 0 Å². The Labute approximate surface area is 166 Å². The third kappa shape index (κ3) is 5.32. The average Bonchev–Trinajstić information content (AvgIpc) is 2.93. The number of hydrogen-bond donors (Lipinski definition) is 1. The molecule has 0 spiro atoms. The molecule has 26 heavy (non-hydrogen) atoms. The van der Waals surface area contributed by atoms with Gasteiger partial charge in [-0.1, -0.05) is 12.1 Å². The molecule has 0 aromatic heterocycles. The van der Waals surface area contributed by atoms with Gasteiger partial charge in [0.2, 0.25) is 0 Å². The van der Waals surface area contributed by atoms with E-state index in [9.17, 15) is 5.11 Å². The van der Waals surface area contributed by atoms with E-state index in [-0.39, 0.29) is 6.61 Å². The van der Waals surface area contributed by atoms with Crippen molar-refractivity contribution < 1.29 is 9.84 Å². The van der Waals surface area contributed by atoms with E-state index in [2.05, 4.69) is 58.4 Å². The zero-order valence-electron chi connectivity index (χ0n) is 16.0. The average molecular weight is 397 g/mol. The number of aliphatic hydroxyl groups is 1. The Bertz CT molecular complexity index is 565. The molecule has 2 fully saturated rings. The fourth-order valence-electron chi connectivity index (χ4n) is 3.97. The van der Waals surface area contributed by atoms with Crippen LogP contribution < -0.4 is 4.74 Å². The molecule has 0 aliphatic carbocycles. The van der Waals surface area contributed by atoms with Crippen LogP contribution in [0.4, 0.5) is 0 Å². The molecule has 2 aliphatic heterocycles. The highest BCUT2D eigenvalue weighted by atomic mass is 32.2. The smallest absolute Gasteiger partial charge is 0.121 e. The lowest BCUT2D eigenvalue weighted by molar-refractivity contribution is 0.0407. The second-order valence-electron chi connectivity index (χ2n) is 7.24. The second-order valence-corrected chi connectivity index (χ2v) is 9.54. The van der Waals surface area contributed by atoms with E-state index in [0.29, 0.717) is 12.1 Å². The number of aliphatic hydroxyl groups excluding tert-OH is 1. The molecule has 146 valence electrons. The number of thioether (sulfide) groups is 2. The van der Waals surface area contributed by atoms with Gasteiger partial charge in [0.05, 0.1) is 7.11 Å². The predicted molar refractivity (Wildman–Crippen MR) is 114 cm³/mol. The van der Waals surface area contributed by atoms with E-state index < -0.39 is 0 Å². The van der Waals surface area contributed by atoms with Gasteiger partial charge in [-0.2, -0.15) is 23.5 Å². The van der Waals surface area contributed by atoms with Gasteiger partial charge < -0.3 is 9.84 Å². The van der Waals surface area contributed by atoms with Crippen LogP contribution in [-0.4, -0.2) is 83.4 Å². The van der Waals surface area contributed by atoms with Crippen LogP contribution in [0, 0.1) is 6.92 Å². The van der Waals surface area contributed by atoms with Crippen molar-refractivity contribution in [2.75, 3.05) is 56.4 Å². The van der Waals surface area contributed by atoms with Gasteiger partial charge in [-0.3, -0.25) is 9.80 Å². The van der Waals surface area contributed by atoms with E-state index >= 15 is 0 Å². The summed E-state index contributed by atoms with van der Waals surface area (Å²) in [4.78, 5) is 5.24. The molecule has 1 N–H and O–H groups in total. The lowest BCUT2D eigenvalue weighted by atomic mass is 10.0. The number of methoxy groups -OCH3 is 1. The van der Waals surface area contributed by atoms with Crippen molar-refractivity contribution in [3.05, 3.63) is 29.3 Å². The highest BCUT2D eigenvalue weighted by Gasteiger charge is 2.31. The summed E-state index contributed by atoms with van der Waals surface area (Å²) in [6.45, 7) is 6.64. The van der Waals surface area contributed by atoms with Gasteiger partial charge in [0.1, 0.15) is 5.75 Å². The van der Waals surface area contributed by atoms with Crippen molar-refractivity contribution >= 4 is 23.5 Å². The van der Waals surface area contributed by atoms with Crippen molar-refractivity contribution in [1.29, 1.82) is 0 Å². The van der Waals surface area contributed by atoms with Crippen LogP contribution >= 0.6 is 23.5 Å². The normalized spacial score (nSPS) is 23.7. The lowest BCUT2D eigenvalue weighted by Gasteiger charge is -2.44. The molecule has 0 bridgehead atoms. The van der Waals surface area contributed by atoms with Crippen molar-refractivity contribution in [3.8, 4) is 5.75 Å². The highest BCUT2D eigenvalue weighted by molar-refractivity contribution is 8.03. The molecule has 0 radical (unpaired) electrons. The number of hydrogen-bond acceptors (Lipinski definition) is 6. The predicted octanol–water partition coefficient (Wildman–Crippen LogP) is 2.72. The van der Waals surface area contributed by atoms with Crippen molar-refractivity contribution in [1.82, 2.24) is 9.80 Å². The van der Waals surface area contributed by atoms with Crippen LogP contribution in [0.25, 0.3) is 0 Å². The van der Waals surface area contributed by atoms with Crippen LogP contribution in [-0.2, 0) is 6.54 Å². The molecule has 0 saturated carbocycles. The molecule has 2 aliphatic rings. The summed E-state index contributed by atoms with van der Waals surface area (Å²) >= 11 is 4.21. The maximum atomic E-state index is 9.59. The summed E-state index contributed by atoms with van der Waals surface area (Å²) in [6, 6.07) is 7.61. The Balaban J connectivity index is 1.63. The fraction of sp³-hybridized carbons (Fsp3) is 0.700. The summed E-state index contributed by atoms with van der Waals surface area (Å²) in [7, 11) is 1.72. The third-order valence-electron chi connectivity index (χ3n) is 5.45. The first-order valence-electron chi connectivity index (χ1n) is 9.59. The summed E-state index contributed by atoms with van der Waals surface area (Å²) in [5.41, 5.74) is 2.52. The van der Waals surface area contributed by atoms with Gasteiger partial charge in [0, 0.05) is 67.9 Å². The Morgan fingerprint density at radius 3 is 2.62 bits per heavy atom. The molecule has 2 saturated heterocycles. The Hall–Kier alpha value is -0.400. The largest absolute Gasteiger partial charge is 0.496 e. The van der Waals surface area contributed by atoms with Crippen LogP contribution in [0.3, 0.4) is 0 Å². The molecule has 1 atom stereocenters. The minimum Gasteiger partial charge on any atom is -0.496 e. The Kier molecular flexibility index (Phi) is 8.00. The highest BCUT2D eigenvalue weighted by Crippen LogP contribution is 2.25. The molecule has 1 aromatic rings. The molecular weight excluding hydrogens is 364 g/mol. The van der Waals surface area contributed by atoms with Crippen molar-refractivity contribution in [2.24, 2.45) is 0 Å². The topological polar surface area (TPSA) is 35.9 Å². The van der Waals surface area contributed by atoms with Gasteiger partial charge in [-0.25, -0.2) is 0 Å². The summed E-state index contributed by atoms with van der Waals surface area (Å²) in [5.74, 6) is 6.05. The van der Waals surface area contributed by atoms with Crippen molar-refractivity contribution in [2.45, 2.75) is 32.0 Å². The molecule has 0 amide bonds. The second kappa shape index (κ2) is 10.2. The molecular formula is C20H32N2O2S2. The van der Waals surface area contributed by atoms with E-state index in [1.165, 1.54) is 34.1 Å². The van der Waals surface area contributed by atoms with Crippen LogP contribution in [0.1, 0.15) is 17.5 Å². The Morgan fingerprint density at radius 1 is 1.19 bits per heavy atom. The SMILES string of the molecule is COc1ccc(CN2CCN(C3CSCCSC3)CC2CCO)cc1C. The minimum atomic E-state index is 0.269. The zero-order chi connectivity index (χ0) is 18.4. The first-order valence-corrected chi connectivity index (χ1v) is 11.9. The molecule has 6 heteroatoms. The van der Waals surface area contributed by atoms with Crippen LogP contribution in [0.15, 0.2) is 18.2 Å². The van der Waals surface area contributed by atoms with E-state index in [4.69, 9.17) is 4.74 Å². The molecule has 3 rings (SSSR count). The minimum absolute atomic E-state index is 0.269. The van der Waals surface area contributed by atoms with Gasteiger partial charge >= 0.3 is 0 Å². The van der Waals surface area contributed by atoms with E-state index in [0.717, 1.165) is 38.3 Å². The van der Waals surface area contributed by atoms with Gasteiger partial charge in [-0.05, 0) is 30.5 Å².